The number of benzene rings is 2. The van der Waals surface area contributed by atoms with Gasteiger partial charge in [0.2, 0.25) is 0 Å². The quantitative estimate of drug-likeness (QED) is 0.794. The molecule has 6 heteroatoms. The number of carbonyl (C=O) groups is 2. The van der Waals surface area contributed by atoms with Crippen LogP contribution in [0, 0.1) is 0 Å². The number of rotatable bonds is 3. The lowest BCUT2D eigenvalue weighted by Crippen LogP contribution is -2.50. The smallest absolute Gasteiger partial charge is 0.339 e. The van der Waals surface area contributed by atoms with Gasteiger partial charge in [-0.15, -0.1) is 0 Å². The molecule has 1 saturated heterocycles. The minimum absolute atomic E-state index is 0.135. The molecule has 0 spiro atoms. The number of methoxy groups -OCH3 is 1. The Morgan fingerprint density at radius 3 is 2.14 bits per heavy atom. The lowest BCUT2D eigenvalue weighted by Gasteiger charge is -2.36. The van der Waals surface area contributed by atoms with Crippen LogP contribution >= 0.6 is 0 Å². The van der Waals surface area contributed by atoms with E-state index in [1.165, 1.54) is 18.4 Å². The van der Waals surface area contributed by atoms with Crippen LogP contribution in [-0.4, -0.2) is 50.2 Å². The van der Waals surface area contributed by atoms with Crippen LogP contribution in [0.25, 0.3) is 0 Å². The Morgan fingerprint density at radius 2 is 1.55 bits per heavy atom. The summed E-state index contributed by atoms with van der Waals surface area (Å²) in [5.74, 6) is -0.468. The summed E-state index contributed by atoms with van der Waals surface area (Å²) in [5, 5.41) is 2.84. The number of hydrogen-bond acceptors (Lipinski definition) is 4. The average Bonchev–Trinajstić information content (AvgIpc) is 2.73. The predicted molar refractivity (Wildman–Crippen MR) is 116 cm³/mol. The first kappa shape index (κ1) is 20.7. The van der Waals surface area contributed by atoms with E-state index < -0.39 is 5.97 Å². The van der Waals surface area contributed by atoms with Crippen LogP contribution in [-0.2, 0) is 10.2 Å². The summed E-state index contributed by atoms with van der Waals surface area (Å²) < 4.78 is 4.79. The lowest BCUT2D eigenvalue weighted by molar-refractivity contribution is 0.0602. The maximum absolute atomic E-state index is 12.7. The number of esters is 1. The third-order valence-corrected chi connectivity index (χ3v) is 5.24. The van der Waals surface area contributed by atoms with E-state index in [9.17, 15) is 9.59 Å². The monoisotopic (exact) mass is 395 g/mol. The molecule has 0 atom stereocenters. The molecule has 29 heavy (non-hydrogen) atoms. The number of ether oxygens (including phenoxy) is 1. The summed E-state index contributed by atoms with van der Waals surface area (Å²) in [5.41, 5.74) is 3.43. The van der Waals surface area contributed by atoms with Gasteiger partial charge in [0, 0.05) is 31.9 Å². The fourth-order valence-corrected chi connectivity index (χ4v) is 3.41. The molecule has 1 aliphatic rings. The van der Waals surface area contributed by atoms with Crippen LogP contribution in [0.3, 0.4) is 0 Å². The van der Waals surface area contributed by atoms with Gasteiger partial charge in [-0.3, -0.25) is 0 Å². The Morgan fingerprint density at radius 1 is 0.931 bits per heavy atom. The van der Waals surface area contributed by atoms with Crippen LogP contribution in [0.1, 0.15) is 36.7 Å². The first-order valence-corrected chi connectivity index (χ1v) is 9.88. The van der Waals surface area contributed by atoms with Crippen LogP contribution < -0.4 is 10.2 Å². The molecule has 1 fully saturated rings. The van der Waals surface area contributed by atoms with Gasteiger partial charge < -0.3 is 19.9 Å². The molecule has 1 N–H and O–H groups in total. The summed E-state index contributed by atoms with van der Waals surface area (Å²) >= 11 is 0. The van der Waals surface area contributed by atoms with Crippen molar-refractivity contribution in [1.82, 2.24) is 4.90 Å². The molecule has 0 aromatic heterocycles. The number of piperazine rings is 1. The Balaban J connectivity index is 1.60. The van der Waals surface area contributed by atoms with Crippen molar-refractivity contribution in [3.05, 3.63) is 59.7 Å². The van der Waals surface area contributed by atoms with Gasteiger partial charge in [-0.1, -0.05) is 45.0 Å². The molecule has 0 aliphatic carbocycles. The van der Waals surface area contributed by atoms with Gasteiger partial charge in [-0.25, -0.2) is 9.59 Å². The molecule has 0 radical (unpaired) electrons. The Bertz CT molecular complexity index is 864. The fourth-order valence-electron chi connectivity index (χ4n) is 3.41. The lowest BCUT2D eigenvalue weighted by atomic mass is 9.87. The molecule has 154 valence electrons. The SMILES string of the molecule is COC(=O)c1ccccc1NC(=O)N1CCN(c2ccc(C(C)(C)C)cc2)CC1. The zero-order valence-electron chi connectivity index (χ0n) is 17.6. The molecule has 0 saturated carbocycles. The van der Waals surface area contributed by atoms with Crippen molar-refractivity contribution in [2.45, 2.75) is 26.2 Å². The van der Waals surface area contributed by atoms with Crippen molar-refractivity contribution < 1.29 is 14.3 Å². The van der Waals surface area contributed by atoms with Crippen molar-refractivity contribution >= 4 is 23.4 Å². The molecule has 2 aromatic carbocycles. The summed E-state index contributed by atoms with van der Waals surface area (Å²) in [6.45, 7) is 9.38. The number of amides is 2. The molecule has 1 aliphatic heterocycles. The highest BCUT2D eigenvalue weighted by Gasteiger charge is 2.23. The second kappa shape index (κ2) is 8.55. The van der Waals surface area contributed by atoms with Gasteiger partial charge >= 0.3 is 12.0 Å². The third-order valence-electron chi connectivity index (χ3n) is 5.24. The molecule has 2 aromatic rings. The minimum Gasteiger partial charge on any atom is -0.465 e. The highest BCUT2D eigenvalue weighted by Crippen LogP contribution is 2.25. The van der Waals surface area contributed by atoms with Crippen molar-refractivity contribution in [2.24, 2.45) is 0 Å². The Kier molecular flexibility index (Phi) is 6.11. The normalized spacial score (nSPS) is 14.5. The Hall–Kier alpha value is -3.02. The molecular formula is C23H29N3O3. The largest absolute Gasteiger partial charge is 0.465 e. The molecule has 0 bridgehead atoms. The standard InChI is InChI=1S/C23H29N3O3/c1-23(2,3)17-9-11-18(12-10-17)25-13-15-26(16-14-25)22(28)24-20-8-6-5-7-19(20)21(27)29-4/h5-12H,13-16H2,1-4H3,(H,24,28). The maximum atomic E-state index is 12.7. The highest BCUT2D eigenvalue weighted by atomic mass is 16.5. The second-order valence-corrected chi connectivity index (χ2v) is 8.24. The summed E-state index contributed by atoms with van der Waals surface area (Å²) in [6, 6.07) is 15.3. The van der Waals surface area contributed by atoms with Gasteiger partial charge in [-0.05, 0) is 35.2 Å². The topological polar surface area (TPSA) is 61.9 Å². The average molecular weight is 396 g/mol. The highest BCUT2D eigenvalue weighted by molar-refractivity contribution is 6.00. The van der Waals surface area contributed by atoms with Gasteiger partial charge in [-0.2, -0.15) is 0 Å². The number of para-hydroxylation sites is 1. The summed E-state index contributed by atoms with van der Waals surface area (Å²) in [4.78, 5) is 28.6. The van der Waals surface area contributed by atoms with Crippen LogP contribution in [0.2, 0.25) is 0 Å². The van der Waals surface area contributed by atoms with Crippen molar-refractivity contribution in [1.29, 1.82) is 0 Å². The maximum Gasteiger partial charge on any atom is 0.339 e. The zero-order valence-corrected chi connectivity index (χ0v) is 17.6. The first-order valence-electron chi connectivity index (χ1n) is 9.88. The van der Waals surface area contributed by atoms with Gasteiger partial charge in [0.05, 0.1) is 18.4 Å². The second-order valence-electron chi connectivity index (χ2n) is 8.24. The molecule has 2 amide bonds. The number of anilines is 2. The van der Waals surface area contributed by atoms with E-state index in [1.54, 1.807) is 29.2 Å². The van der Waals surface area contributed by atoms with Crippen LogP contribution in [0.5, 0.6) is 0 Å². The van der Waals surface area contributed by atoms with Crippen LogP contribution in [0.4, 0.5) is 16.2 Å². The molecule has 1 heterocycles. The number of urea groups is 1. The van der Waals surface area contributed by atoms with E-state index in [1.807, 2.05) is 0 Å². The third kappa shape index (κ3) is 4.88. The summed E-state index contributed by atoms with van der Waals surface area (Å²) in [7, 11) is 1.33. The first-order chi connectivity index (χ1) is 13.8. The van der Waals surface area contributed by atoms with E-state index >= 15 is 0 Å². The van der Waals surface area contributed by atoms with Crippen molar-refractivity contribution in [2.75, 3.05) is 43.5 Å². The van der Waals surface area contributed by atoms with Crippen molar-refractivity contribution in [3.63, 3.8) is 0 Å². The van der Waals surface area contributed by atoms with Gasteiger partial charge in [0.1, 0.15) is 0 Å². The number of carbonyl (C=O) groups excluding carboxylic acids is 2. The van der Waals surface area contributed by atoms with Gasteiger partial charge in [0.15, 0.2) is 0 Å². The Labute approximate surface area is 172 Å². The number of hydrogen-bond donors (Lipinski definition) is 1. The zero-order chi connectivity index (χ0) is 21.0. The predicted octanol–water partition coefficient (Wildman–Crippen LogP) is 4.12. The molecular weight excluding hydrogens is 366 g/mol. The number of nitrogens with one attached hydrogen (secondary N) is 1. The van der Waals surface area contributed by atoms with E-state index in [-0.39, 0.29) is 11.4 Å². The van der Waals surface area contributed by atoms with Crippen LogP contribution in [0.15, 0.2) is 48.5 Å². The van der Waals surface area contributed by atoms with E-state index in [0.717, 1.165) is 13.1 Å². The summed E-state index contributed by atoms with van der Waals surface area (Å²) in [6.07, 6.45) is 0. The minimum atomic E-state index is -0.468. The van der Waals surface area contributed by atoms with E-state index in [4.69, 9.17) is 4.74 Å². The molecule has 6 nitrogen and oxygen atoms in total. The molecule has 3 rings (SSSR count). The van der Waals surface area contributed by atoms with E-state index in [0.29, 0.717) is 24.3 Å². The fraction of sp³-hybridized carbons (Fsp3) is 0.391. The number of nitrogens with zero attached hydrogens (tertiary/aromatic N) is 2. The molecule has 0 unspecified atom stereocenters. The van der Waals surface area contributed by atoms with E-state index in [2.05, 4.69) is 55.3 Å². The van der Waals surface area contributed by atoms with Gasteiger partial charge in [0.25, 0.3) is 0 Å². The van der Waals surface area contributed by atoms with Crippen molar-refractivity contribution in [3.8, 4) is 0 Å².